The number of carboxylic acid groups (broad SMARTS) is 1. The van der Waals surface area contributed by atoms with Crippen molar-refractivity contribution in [3.05, 3.63) is 18.0 Å². The maximum atomic E-state index is 12.4. The number of carbonyl (C=O) groups is 1. The number of aromatic nitrogens is 1. The summed E-state index contributed by atoms with van der Waals surface area (Å²) in [5, 5.41) is 8.79. The first-order valence-electron chi connectivity index (χ1n) is 5.90. The Hall–Kier alpha value is -1.34. The van der Waals surface area contributed by atoms with E-state index < -0.39 is 16.0 Å². The molecule has 7 heteroatoms. The van der Waals surface area contributed by atoms with Crippen LogP contribution in [0, 0.1) is 0 Å². The Labute approximate surface area is 106 Å². The molecule has 2 rings (SSSR count). The molecule has 2 heterocycles. The number of rotatable bonds is 4. The molecule has 6 nitrogen and oxygen atoms in total. The fourth-order valence-electron chi connectivity index (χ4n) is 2.32. The number of aromatic carboxylic acids is 1. The zero-order chi connectivity index (χ0) is 13.3. The largest absolute Gasteiger partial charge is 0.477 e. The van der Waals surface area contributed by atoms with Crippen LogP contribution in [0.4, 0.5) is 0 Å². The van der Waals surface area contributed by atoms with Gasteiger partial charge in [0.2, 0.25) is 10.0 Å². The normalized spacial score (nSPS) is 21.3. The average Bonchev–Trinajstić information content (AvgIpc) is 2.98. The Morgan fingerprint density at radius 1 is 1.61 bits per heavy atom. The smallest absolute Gasteiger partial charge is 0.352 e. The van der Waals surface area contributed by atoms with Crippen molar-refractivity contribution in [2.45, 2.75) is 37.1 Å². The van der Waals surface area contributed by atoms with Crippen LogP contribution in [0.15, 0.2) is 17.2 Å². The number of H-pyrrole nitrogens is 1. The Kier molecular flexibility index (Phi) is 3.45. The molecule has 0 spiro atoms. The second kappa shape index (κ2) is 4.74. The quantitative estimate of drug-likeness (QED) is 0.863. The zero-order valence-electron chi connectivity index (χ0n) is 10.1. The molecule has 1 unspecified atom stereocenters. The molecule has 18 heavy (non-hydrogen) atoms. The average molecular weight is 272 g/mol. The van der Waals surface area contributed by atoms with Crippen LogP contribution in [0.25, 0.3) is 0 Å². The SMILES string of the molecule is CCC1CCCN1S(=O)(=O)c1c[nH]c(C(=O)O)c1. The van der Waals surface area contributed by atoms with Crippen molar-refractivity contribution in [2.24, 2.45) is 0 Å². The lowest BCUT2D eigenvalue weighted by molar-refractivity contribution is 0.0691. The Morgan fingerprint density at radius 2 is 2.33 bits per heavy atom. The first-order valence-corrected chi connectivity index (χ1v) is 7.34. The summed E-state index contributed by atoms with van der Waals surface area (Å²) in [6.07, 6.45) is 3.74. The second-order valence-corrected chi connectivity index (χ2v) is 6.26. The van der Waals surface area contributed by atoms with Crippen LogP contribution < -0.4 is 0 Å². The molecule has 0 aromatic carbocycles. The third-order valence-electron chi connectivity index (χ3n) is 3.29. The number of nitrogens with one attached hydrogen (secondary N) is 1. The molecule has 0 amide bonds. The zero-order valence-corrected chi connectivity index (χ0v) is 10.9. The first kappa shape index (κ1) is 13.1. The Morgan fingerprint density at radius 3 is 2.89 bits per heavy atom. The number of carboxylic acids is 1. The number of sulfonamides is 1. The van der Waals surface area contributed by atoms with E-state index in [9.17, 15) is 13.2 Å². The highest BCUT2D eigenvalue weighted by Gasteiger charge is 2.34. The maximum absolute atomic E-state index is 12.4. The van der Waals surface area contributed by atoms with Gasteiger partial charge in [0.15, 0.2) is 0 Å². The summed E-state index contributed by atoms with van der Waals surface area (Å²) in [5.74, 6) is -1.16. The number of hydrogen-bond acceptors (Lipinski definition) is 3. The molecular formula is C11H16N2O4S. The fourth-order valence-corrected chi connectivity index (χ4v) is 4.08. The van der Waals surface area contributed by atoms with Gasteiger partial charge < -0.3 is 10.1 Å². The maximum Gasteiger partial charge on any atom is 0.352 e. The molecule has 1 atom stereocenters. The van der Waals surface area contributed by atoms with E-state index in [2.05, 4.69) is 4.98 Å². The van der Waals surface area contributed by atoms with Crippen molar-refractivity contribution >= 4 is 16.0 Å². The van der Waals surface area contributed by atoms with Crippen molar-refractivity contribution < 1.29 is 18.3 Å². The Bertz CT molecular complexity index is 549. The van der Waals surface area contributed by atoms with Gasteiger partial charge in [-0.1, -0.05) is 6.92 Å². The van der Waals surface area contributed by atoms with Gasteiger partial charge in [0.25, 0.3) is 0 Å². The monoisotopic (exact) mass is 272 g/mol. The van der Waals surface area contributed by atoms with Gasteiger partial charge in [-0.3, -0.25) is 0 Å². The van der Waals surface area contributed by atoms with Crippen molar-refractivity contribution in [1.82, 2.24) is 9.29 Å². The number of nitrogens with zero attached hydrogens (tertiary/aromatic N) is 1. The highest BCUT2D eigenvalue weighted by atomic mass is 32.2. The minimum absolute atomic E-state index is 0.0261. The van der Waals surface area contributed by atoms with Crippen LogP contribution in [0.1, 0.15) is 36.7 Å². The molecule has 1 aromatic heterocycles. The highest BCUT2D eigenvalue weighted by molar-refractivity contribution is 7.89. The van der Waals surface area contributed by atoms with Crippen molar-refractivity contribution in [3.63, 3.8) is 0 Å². The van der Waals surface area contributed by atoms with E-state index in [1.807, 2.05) is 6.92 Å². The van der Waals surface area contributed by atoms with Gasteiger partial charge in [0.1, 0.15) is 10.6 Å². The summed E-state index contributed by atoms with van der Waals surface area (Å²) in [5.41, 5.74) is -0.110. The number of aromatic amines is 1. The topological polar surface area (TPSA) is 90.5 Å². The van der Waals surface area contributed by atoms with Gasteiger partial charge in [-0.15, -0.1) is 0 Å². The molecular weight excluding hydrogens is 256 g/mol. The first-order chi connectivity index (χ1) is 8.46. The van der Waals surface area contributed by atoms with E-state index >= 15 is 0 Å². The van der Waals surface area contributed by atoms with E-state index in [4.69, 9.17) is 5.11 Å². The molecule has 1 fully saturated rings. The lowest BCUT2D eigenvalue weighted by Gasteiger charge is -2.22. The highest BCUT2D eigenvalue weighted by Crippen LogP contribution is 2.27. The van der Waals surface area contributed by atoms with E-state index in [1.54, 1.807) is 0 Å². The lowest BCUT2D eigenvalue weighted by atomic mass is 10.2. The van der Waals surface area contributed by atoms with E-state index in [0.717, 1.165) is 19.3 Å². The summed E-state index contributed by atoms with van der Waals surface area (Å²) in [7, 11) is -3.57. The summed E-state index contributed by atoms with van der Waals surface area (Å²) < 4.78 is 26.2. The second-order valence-electron chi connectivity index (χ2n) is 4.37. The third kappa shape index (κ3) is 2.15. The molecule has 0 radical (unpaired) electrons. The van der Waals surface area contributed by atoms with E-state index in [1.165, 1.54) is 16.6 Å². The third-order valence-corrected chi connectivity index (χ3v) is 5.22. The molecule has 1 aromatic rings. The van der Waals surface area contributed by atoms with Gasteiger partial charge in [0.05, 0.1) is 0 Å². The van der Waals surface area contributed by atoms with Gasteiger partial charge in [-0.05, 0) is 25.3 Å². The predicted octanol–water partition coefficient (Wildman–Crippen LogP) is 1.28. The van der Waals surface area contributed by atoms with E-state index in [0.29, 0.717) is 6.54 Å². The molecule has 0 saturated carbocycles. The van der Waals surface area contributed by atoms with Gasteiger partial charge in [0, 0.05) is 18.8 Å². The summed E-state index contributed by atoms with van der Waals surface area (Å²) in [6.45, 7) is 2.47. The van der Waals surface area contributed by atoms with Crippen LogP contribution in [-0.2, 0) is 10.0 Å². The van der Waals surface area contributed by atoms with Crippen LogP contribution in [0.5, 0.6) is 0 Å². The van der Waals surface area contributed by atoms with Crippen LogP contribution >= 0.6 is 0 Å². The number of hydrogen-bond donors (Lipinski definition) is 2. The van der Waals surface area contributed by atoms with Crippen molar-refractivity contribution in [1.29, 1.82) is 0 Å². The summed E-state index contributed by atoms with van der Waals surface area (Å²) >= 11 is 0. The molecule has 100 valence electrons. The minimum atomic E-state index is -3.57. The van der Waals surface area contributed by atoms with Crippen molar-refractivity contribution in [3.8, 4) is 0 Å². The predicted molar refractivity (Wildman–Crippen MR) is 65.0 cm³/mol. The molecule has 0 bridgehead atoms. The van der Waals surface area contributed by atoms with Gasteiger partial charge in [-0.2, -0.15) is 4.31 Å². The standard InChI is InChI=1S/C11H16N2O4S/c1-2-8-4-3-5-13(8)18(16,17)9-6-10(11(14)15)12-7-9/h6-8,12H,2-5H2,1H3,(H,14,15). The van der Waals surface area contributed by atoms with Crippen LogP contribution in [-0.4, -0.2) is 41.4 Å². The fraction of sp³-hybridized carbons (Fsp3) is 0.545. The van der Waals surface area contributed by atoms with Crippen LogP contribution in [0.2, 0.25) is 0 Å². The van der Waals surface area contributed by atoms with Gasteiger partial charge in [-0.25, -0.2) is 13.2 Å². The molecule has 1 saturated heterocycles. The van der Waals surface area contributed by atoms with E-state index in [-0.39, 0.29) is 16.6 Å². The summed E-state index contributed by atoms with van der Waals surface area (Å²) in [6, 6.07) is 1.20. The minimum Gasteiger partial charge on any atom is -0.477 e. The molecule has 0 aliphatic carbocycles. The molecule has 1 aliphatic rings. The lowest BCUT2D eigenvalue weighted by Crippen LogP contribution is -2.34. The molecule has 1 aliphatic heterocycles. The summed E-state index contributed by atoms with van der Waals surface area (Å²) in [4.78, 5) is 13.2. The Balaban J connectivity index is 2.32. The molecule has 2 N–H and O–H groups in total. The van der Waals surface area contributed by atoms with Crippen LogP contribution in [0.3, 0.4) is 0 Å². The van der Waals surface area contributed by atoms with Crippen molar-refractivity contribution in [2.75, 3.05) is 6.54 Å². The van der Waals surface area contributed by atoms with Gasteiger partial charge >= 0.3 is 5.97 Å².